The molecule has 1 saturated heterocycles. The number of aliphatic carboxylic acids is 1. The Bertz CT molecular complexity index is 675. The van der Waals surface area contributed by atoms with Crippen LogP contribution in [-0.2, 0) is 14.8 Å². The summed E-state index contributed by atoms with van der Waals surface area (Å²) in [5.74, 6) is -5.72. The zero-order valence-corrected chi connectivity index (χ0v) is 12.5. The van der Waals surface area contributed by atoms with Gasteiger partial charge in [-0.25, -0.2) is 8.42 Å². The average molecular weight is 358 g/mol. The van der Waals surface area contributed by atoms with E-state index in [9.17, 15) is 26.4 Å². The van der Waals surface area contributed by atoms with Crippen LogP contribution in [0.15, 0.2) is 29.2 Å². The third-order valence-corrected chi connectivity index (χ3v) is 5.57. The second-order valence-corrected chi connectivity index (χ2v) is 7.24. The molecule has 0 unspecified atom stereocenters. The Balaban J connectivity index is 2.33. The molecule has 1 N–H and O–H groups in total. The van der Waals surface area contributed by atoms with Gasteiger partial charge in [0.15, 0.2) is 0 Å². The minimum Gasteiger partial charge on any atom is -0.481 e. The molecule has 1 heterocycles. The fourth-order valence-electron chi connectivity index (χ4n) is 2.30. The number of carbonyl (C=O) groups is 1. The molecular formula is C12H11ClF3NO4S. The second-order valence-electron chi connectivity index (χ2n) is 4.87. The molecule has 0 aromatic heterocycles. The van der Waals surface area contributed by atoms with Gasteiger partial charge in [-0.1, -0.05) is 11.6 Å². The minimum absolute atomic E-state index is 0.233. The van der Waals surface area contributed by atoms with Crippen molar-refractivity contribution in [3.8, 4) is 0 Å². The number of hydrogen-bond donors (Lipinski definition) is 1. The van der Waals surface area contributed by atoms with E-state index in [4.69, 9.17) is 16.7 Å². The molecule has 5 nitrogen and oxygen atoms in total. The topological polar surface area (TPSA) is 74.7 Å². The number of carboxylic acid groups (broad SMARTS) is 1. The van der Waals surface area contributed by atoms with Crippen LogP contribution in [-0.4, -0.2) is 43.1 Å². The van der Waals surface area contributed by atoms with Crippen LogP contribution in [0.25, 0.3) is 0 Å². The molecular weight excluding hydrogens is 347 g/mol. The quantitative estimate of drug-likeness (QED) is 0.900. The second kappa shape index (κ2) is 5.71. The van der Waals surface area contributed by atoms with E-state index in [2.05, 4.69) is 0 Å². The number of sulfonamides is 1. The molecule has 2 atom stereocenters. The van der Waals surface area contributed by atoms with Gasteiger partial charge in [0, 0.05) is 18.1 Å². The molecule has 10 heteroatoms. The van der Waals surface area contributed by atoms with Crippen molar-refractivity contribution in [3.63, 3.8) is 0 Å². The SMILES string of the molecule is O=C(O)[C@@H]1CN(S(=O)(=O)c2ccc(Cl)cc2)C[C@H]1C(F)(F)F. The summed E-state index contributed by atoms with van der Waals surface area (Å²) in [6.45, 7) is -1.63. The van der Waals surface area contributed by atoms with E-state index in [0.29, 0.717) is 4.31 Å². The fraction of sp³-hybridized carbons (Fsp3) is 0.417. The van der Waals surface area contributed by atoms with Crippen LogP contribution in [0.2, 0.25) is 5.02 Å². The lowest BCUT2D eigenvalue weighted by atomic mass is 9.96. The summed E-state index contributed by atoms with van der Waals surface area (Å²) >= 11 is 5.63. The van der Waals surface area contributed by atoms with Crippen molar-refractivity contribution in [3.05, 3.63) is 29.3 Å². The van der Waals surface area contributed by atoms with Gasteiger partial charge in [0.1, 0.15) is 0 Å². The molecule has 122 valence electrons. The molecule has 1 aliphatic rings. The number of benzene rings is 1. The summed E-state index contributed by atoms with van der Waals surface area (Å²) in [5.41, 5.74) is 0. The predicted octanol–water partition coefficient (Wildman–Crippen LogP) is 2.22. The van der Waals surface area contributed by atoms with Crippen molar-refractivity contribution in [1.29, 1.82) is 0 Å². The Kier molecular flexibility index (Phi) is 4.42. The molecule has 1 aliphatic heterocycles. The maximum Gasteiger partial charge on any atom is 0.393 e. The maximum atomic E-state index is 12.9. The van der Waals surface area contributed by atoms with Crippen molar-refractivity contribution < 1.29 is 31.5 Å². The zero-order chi connectivity index (χ0) is 16.7. The summed E-state index contributed by atoms with van der Waals surface area (Å²) in [7, 11) is -4.20. The van der Waals surface area contributed by atoms with Crippen LogP contribution in [0.5, 0.6) is 0 Å². The Morgan fingerprint density at radius 3 is 2.18 bits per heavy atom. The number of alkyl halides is 3. The Morgan fingerprint density at radius 2 is 1.77 bits per heavy atom. The highest BCUT2D eigenvalue weighted by molar-refractivity contribution is 7.89. The minimum atomic E-state index is -4.78. The van der Waals surface area contributed by atoms with Crippen LogP contribution in [0, 0.1) is 11.8 Å². The standard InChI is InChI=1S/C12H11ClF3NO4S/c13-7-1-3-8(4-2-7)22(20,21)17-5-9(11(18)19)10(6-17)12(14,15)16/h1-4,9-10H,5-6H2,(H,18,19)/t9-,10-/m1/s1. The molecule has 0 spiro atoms. The number of hydrogen-bond acceptors (Lipinski definition) is 3. The van der Waals surface area contributed by atoms with Crippen LogP contribution in [0.4, 0.5) is 13.2 Å². The summed E-state index contributed by atoms with van der Waals surface area (Å²) in [4.78, 5) is 10.7. The molecule has 22 heavy (non-hydrogen) atoms. The maximum absolute atomic E-state index is 12.9. The molecule has 0 aliphatic carbocycles. The Hall–Kier alpha value is -1.32. The van der Waals surface area contributed by atoms with E-state index in [-0.39, 0.29) is 9.92 Å². The molecule has 0 bridgehead atoms. The van der Waals surface area contributed by atoms with Gasteiger partial charge in [-0.15, -0.1) is 0 Å². The molecule has 2 rings (SSSR count). The fourth-order valence-corrected chi connectivity index (χ4v) is 3.92. The number of carboxylic acids is 1. The highest BCUT2D eigenvalue weighted by atomic mass is 35.5. The highest BCUT2D eigenvalue weighted by Crippen LogP contribution is 2.39. The first-order chi connectivity index (χ1) is 10.0. The lowest BCUT2D eigenvalue weighted by Crippen LogP contribution is -2.34. The van der Waals surface area contributed by atoms with Crippen LogP contribution < -0.4 is 0 Å². The Labute approximate surface area is 129 Å². The van der Waals surface area contributed by atoms with Crippen molar-refractivity contribution in [1.82, 2.24) is 4.31 Å². The monoisotopic (exact) mass is 357 g/mol. The first kappa shape index (κ1) is 17.0. The van der Waals surface area contributed by atoms with Gasteiger partial charge in [0.2, 0.25) is 10.0 Å². The van der Waals surface area contributed by atoms with Gasteiger partial charge in [-0.05, 0) is 24.3 Å². The van der Waals surface area contributed by atoms with E-state index >= 15 is 0 Å². The first-order valence-corrected chi connectivity index (χ1v) is 7.90. The number of rotatable bonds is 3. The lowest BCUT2D eigenvalue weighted by Gasteiger charge is -2.18. The summed E-state index contributed by atoms with van der Waals surface area (Å²) in [6.07, 6.45) is -4.78. The average Bonchev–Trinajstić information content (AvgIpc) is 2.85. The molecule has 1 fully saturated rings. The van der Waals surface area contributed by atoms with Gasteiger partial charge in [0.25, 0.3) is 0 Å². The lowest BCUT2D eigenvalue weighted by molar-refractivity contribution is -0.187. The summed E-state index contributed by atoms with van der Waals surface area (Å²) < 4.78 is 63.8. The predicted molar refractivity (Wildman–Crippen MR) is 70.9 cm³/mol. The number of nitrogens with zero attached hydrogens (tertiary/aromatic N) is 1. The van der Waals surface area contributed by atoms with E-state index in [1.807, 2.05) is 0 Å². The third-order valence-electron chi connectivity index (χ3n) is 3.48. The van der Waals surface area contributed by atoms with Crippen molar-refractivity contribution in [2.45, 2.75) is 11.1 Å². The van der Waals surface area contributed by atoms with E-state index < -0.39 is 47.1 Å². The van der Waals surface area contributed by atoms with Gasteiger partial charge in [0.05, 0.1) is 16.7 Å². The van der Waals surface area contributed by atoms with Crippen LogP contribution in [0.3, 0.4) is 0 Å². The van der Waals surface area contributed by atoms with Gasteiger partial charge < -0.3 is 5.11 Å². The smallest absolute Gasteiger partial charge is 0.393 e. The van der Waals surface area contributed by atoms with E-state index in [0.717, 1.165) is 12.1 Å². The molecule has 0 radical (unpaired) electrons. The van der Waals surface area contributed by atoms with Gasteiger partial charge in [-0.2, -0.15) is 17.5 Å². The molecule has 1 aromatic rings. The van der Waals surface area contributed by atoms with Crippen molar-refractivity contribution in [2.75, 3.05) is 13.1 Å². The van der Waals surface area contributed by atoms with Crippen LogP contribution in [0.1, 0.15) is 0 Å². The van der Waals surface area contributed by atoms with Crippen LogP contribution >= 0.6 is 11.6 Å². The van der Waals surface area contributed by atoms with Gasteiger partial charge >= 0.3 is 12.1 Å². The van der Waals surface area contributed by atoms with Crippen molar-refractivity contribution in [2.24, 2.45) is 11.8 Å². The van der Waals surface area contributed by atoms with Gasteiger partial charge in [-0.3, -0.25) is 4.79 Å². The molecule has 0 amide bonds. The molecule has 1 aromatic carbocycles. The molecule has 0 saturated carbocycles. The summed E-state index contributed by atoms with van der Waals surface area (Å²) in [6, 6.07) is 4.91. The summed E-state index contributed by atoms with van der Waals surface area (Å²) in [5, 5.41) is 9.17. The third kappa shape index (κ3) is 3.21. The first-order valence-electron chi connectivity index (χ1n) is 6.08. The van der Waals surface area contributed by atoms with Crippen molar-refractivity contribution >= 4 is 27.6 Å². The Morgan fingerprint density at radius 1 is 1.23 bits per heavy atom. The highest BCUT2D eigenvalue weighted by Gasteiger charge is 2.54. The van der Waals surface area contributed by atoms with E-state index in [1.165, 1.54) is 12.1 Å². The zero-order valence-electron chi connectivity index (χ0n) is 10.9. The largest absolute Gasteiger partial charge is 0.481 e. The van der Waals surface area contributed by atoms with E-state index in [1.54, 1.807) is 0 Å². The number of halogens is 4. The normalized spacial score (nSPS) is 23.6.